The maximum Gasteiger partial charge on any atom is 0.0638 e. The third kappa shape index (κ3) is 4.13. The molecule has 0 aromatic carbocycles. The monoisotopic (exact) mass is 237 g/mol. The molecule has 0 spiro atoms. The Morgan fingerprint density at radius 3 is 2.88 bits per heavy atom. The van der Waals surface area contributed by atoms with Crippen molar-refractivity contribution in [2.45, 2.75) is 39.7 Å². The van der Waals surface area contributed by atoms with Gasteiger partial charge in [0.05, 0.1) is 5.69 Å². The van der Waals surface area contributed by atoms with E-state index in [9.17, 15) is 0 Å². The average Bonchev–Trinajstić information content (AvgIpc) is 3.08. The Balaban J connectivity index is 1.50. The third-order valence-corrected chi connectivity index (χ3v) is 3.28. The zero-order chi connectivity index (χ0) is 12.1. The first-order valence-corrected chi connectivity index (χ1v) is 6.56. The number of hydrogen-bond acceptors (Lipinski definition) is 3. The van der Waals surface area contributed by atoms with Crippen molar-refractivity contribution >= 4 is 0 Å². The van der Waals surface area contributed by atoms with Gasteiger partial charge >= 0.3 is 0 Å². The number of aromatic amines is 1. The molecule has 0 radical (unpaired) electrons. The molecule has 0 amide bonds. The number of hydrogen-bond donors (Lipinski definition) is 2. The van der Waals surface area contributed by atoms with Gasteiger partial charge < -0.3 is 10.1 Å². The van der Waals surface area contributed by atoms with Gasteiger partial charge in [-0.1, -0.05) is 0 Å². The number of ether oxygens (including phenoxy) is 1. The molecule has 17 heavy (non-hydrogen) atoms. The minimum atomic E-state index is 0.874. The molecule has 1 heterocycles. The van der Waals surface area contributed by atoms with Gasteiger partial charge in [0.15, 0.2) is 0 Å². The lowest BCUT2D eigenvalue weighted by atomic mass is 10.2. The van der Waals surface area contributed by atoms with Crippen LogP contribution in [0.3, 0.4) is 0 Å². The van der Waals surface area contributed by atoms with Crippen molar-refractivity contribution in [3.63, 3.8) is 0 Å². The zero-order valence-corrected chi connectivity index (χ0v) is 10.9. The van der Waals surface area contributed by atoms with E-state index in [2.05, 4.69) is 22.4 Å². The van der Waals surface area contributed by atoms with Crippen LogP contribution in [-0.2, 0) is 11.3 Å². The average molecular weight is 237 g/mol. The molecule has 1 aromatic rings. The van der Waals surface area contributed by atoms with E-state index in [1.165, 1.54) is 24.1 Å². The highest BCUT2D eigenvalue weighted by Crippen LogP contribution is 2.28. The highest BCUT2D eigenvalue weighted by molar-refractivity contribution is 5.22. The van der Waals surface area contributed by atoms with Gasteiger partial charge in [0, 0.05) is 31.0 Å². The maximum absolute atomic E-state index is 5.58. The minimum Gasteiger partial charge on any atom is -0.381 e. The van der Waals surface area contributed by atoms with Gasteiger partial charge in [-0.25, -0.2) is 0 Å². The van der Waals surface area contributed by atoms with Crippen molar-refractivity contribution in [1.29, 1.82) is 0 Å². The summed E-state index contributed by atoms with van der Waals surface area (Å²) < 4.78 is 5.58. The van der Waals surface area contributed by atoms with Gasteiger partial charge in [0.25, 0.3) is 0 Å². The van der Waals surface area contributed by atoms with Crippen LogP contribution in [0.25, 0.3) is 0 Å². The number of rotatable bonds is 8. The molecule has 4 heteroatoms. The number of aromatic nitrogens is 2. The van der Waals surface area contributed by atoms with Crippen LogP contribution >= 0.6 is 0 Å². The Morgan fingerprint density at radius 1 is 1.41 bits per heavy atom. The predicted octanol–water partition coefficient (Wildman–Crippen LogP) is 1.93. The van der Waals surface area contributed by atoms with Gasteiger partial charge in [-0.15, -0.1) is 0 Å². The summed E-state index contributed by atoms with van der Waals surface area (Å²) in [6.07, 6.45) is 3.83. The van der Waals surface area contributed by atoms with Gasteiger partial charge in [0.1, 0.15) is 0 Å². The second kappa shape index (κ2) is 6.17. The van der Waals surface area contributed by atoms with E-state index >= 15 is 0 Å². The summed E-state index contributed by atoms with van der Waals surface area (Å²) >= 11 is 0. The van der Waals surface area contributed by atoms with Crippen LogP contribution in [0.4, 0.5) is 0 Å². The molecule has 1 fully saturated rings. The highest BCUT2D eigenvalue weighted by atomic mass is 16.5. The Bertz CT molecular complexity index is 325. The van der Waals surface area contributed by atoms with E-state index in [4.69, 9.17) is 4.74 Å². The van der Waals surface area contributed by atoms with E-state index in [1.54, 1.807) is 0 Å². The quantitative estimate of drug-likeness (QED) is 0.679. The molecule has 0 saturated heterocycles. The summed E-state index contributed by atoms with van der Waals surface area (Å²) in [7, 11) is 0. The maximum atomic E-state index is 5.58. The molecule has 0 aliphatic heterocycles. The van der Waals surface area contributed by atoms with Crippen LogP contribution < -0.4 is 5.32 Å². The Labute approximate surface area is 103 Å². The van der Waals surface area contributed by atoms with Crippen LogP contribution in [-0.4, -0.2) is 30.0 Å². The van der Waals surface area contributed by atoms with Crippen molar-refractivity contribution in [3.05, 3.63) is 17.0 Å². The number of nitrogens with one attached hydrogen (secondary N) is 2. The third-order valence-electron chi connectivity index (χ3n) is 3.28. The number of aryl methyl sites for hydroxylation is 2. The Hall–Kier alpha value is -0.870. The molecule has 0 bridgehead atoms. The molecule has 0 unspecified atom stereocenters. The second-order valence-electron chi connectivity index (χ2n) is 4.96. The molecule has 96 valence electrons. The fourth-order valence-corrected chi connectivity index (χ4v) is 1.88. The smallest absolute Gasteiger partial charge is 0.0638 e. The van der Waals surface area contributed by atoms with E-state index < -0.39 is 0 Å². The van der Waals surface area contributed by atoms with Gasteiger partial charge in [-0.2, -0.15) is 5.10 Å². The lowest BCUT2D eigenvalue weighted by Crippen LogP contribution is -2.17. The summed E-state index contributed by atoms with van der Waals surface area (Å²) in [5, 5.41) is 10.6. The molecule has 4 nitrogen and oxygen atoms in total. The first-order chi connectivity index (χ1) is 8.27. The van der Waals surface area contributed by atoms with Crippen LogP contribution in [0.5, 0.6) is 0 Å². The second-order valence-corrected chi connectivity index (χ2v) is 4.96. The van der Waals surface area contributed by atoms with E-state index in [0.29, 0.717) is 0 Å². The summed E-state index contributed by atoms with van der Waals surface area (Å²) in [6, 6.07) is 0. The SMILES string of the molecule is Cc1n[nH]c(C)c1CNCCCOCC1CC1. The molecule has 1 aliphatic carbocycles. The molecular formula is C13H23N3O. The first kappa shape index (κ1) is 12.6. The van der Waals surface area contributed by atoms with Crippen LogP contribution in [0.1, 0.15) is 36.2 Å². The van der Waals surface area contributed by atoms with Crippen molar-refractivity contribution in [2.24, 2.45) is 5.92 Å². The first-order valence-electron chi connectivity index (χ1n) is 6.56. The van der Waals surface area contributed by atoms with Crippen LogP contribution in [0.15, 0.2) is 0 Å². The van der Waals surface area contributed by atoms with Crippen LogP contribution in [0.2, 0.25) is 0 Å². The summed E-state index contributed by atoms with van der Waals surface area (Å²) in [6.45, 7) is 7.87. The topological polar surface area (TPSA) is 49.9 Å². The van der Waals surface area contributed by atoms with Crippen molar-refractivity contribution in [2.75, 3.05) is 19.8 Å². The van der Waals surface area contributed by atoms with E-state index in [-0.39, 0.29) is 0 Å². The van der Waals surface area contributed by atoms with E-state index in [0.717, 1.165) is 44.3 Å². The van der Waals surface area contributed by atoms with E-state index in [1.807, 2.05) is 6.92 Å². The molecule has 0 atom stereocenters. The van der Waals surface area contributed by atoms with Gasteiger partial charge in [0.2, 0.25) is 0 Å². The molecular weight excluding hydrogens is 214 g/mol. The lowest BCUT2D eigenvalue weighted by molar-refractivity contribution is 0.122. The van der Waals surface area contributed by atoms with Crippen molar-refractivity contribution in [1.82, 2.24) is 15.5 Å². The zero-order valence-electron chi connectivity index (χ0n) is 10.9. The lowest BCUT2D eigenvalue weighted by Gasteiger charge is -2.06. The Kier molecular flexibility index (Phi) is 4.57. The van der Waals surface area contributed by atoms with Gasteiger partial charge in [-0.3, -0.25) is 5.10 Å². The van der Waals surface area contributed by atoms with Crippen molar-refractivity contribution in [3.8, 4) is 0 Å². The molecule has 2 N–H and O–H groups in total. The number of H-pyrrole nitrogens is 1. The highest BCUT2D eigenvalue weighted by Gasteiger charge is 2.20. The summed E-state index contributed by atoms with van der Waals surface area (Å²) in [5.74, 6) is 0.874. The molecule has 1 aromatic heterocycles. The summed E-state index contributed by atoms with van der Waals surface area (Å²) in [5.41, 5.74) is 3.56. The van der Waals surface area contributed by atoms with Crippen molar-refractivity contribution < 1.29 is 4.74 Å². The van der Waals surface area contributed by atoms with Crippen LogP contribution in [0, 0.1) is 19.8 Å². The normalized spacial score (nSPS) is 15.4. The Morgan fingerprint density at radius 2 is 2.24 bits per heavy atom. The fourth-order valence-electron chi connectivity index (χ4n) is 1.88. The minimum absolute atomic E-state index is 0.874. The summed E-state index contributed by atoms with van der Waals surface area (Å²) in [4.78, 5) is 0. The molecule has 1 saturated carbocycles. The number of nitrogens with zero attached hydrogens (tertiary/aromatic N) is 1. The fraction of sp³-hybridized carbons (Fsp3) is 0.769. The molecule has 1 aliphatic rings. The molecule has 2 rings (SSSR count). The predicted molar refractivity (Wildman–Crippen MR) is 67.9 cm³/mol. The standard InChI is InChI=1S/C13H23N3O/c1-10-13(11(2)16-15-10)8-14-6-3-7-17-9-12-4-5-12/h12,14H,3-9H2,1-2H3,(H,15,16). The largest absolute Gasteiger partial charge is 0.381 e. The van der Waals surface area contributed by atoms with Gasteiger partial charge in [-0.05, 0) is 45.6 Å².